The van der Waals surface area contributed by atoms with Crippen LogP contribution in [0.3, 0.4) is 0 Å². The topological polar surface area (TPSA) is 57.9 Å². The van der Waals surface area contributed by atoms with Crippen LogP contribution in [0, 0.1) is 16.7 Å². The van der Waals surface area contributed by atoms with Crippen LogP contribution in [-0.4, -0.2) is 11.6 Å². The minimum absolute atomic E-state index is 0.145. The SMILES string of the molecule is N#CC1(C(=O)c2ccccc2)CCC(=O)CC1. The number of hydrogen-bond donors (Lipinski definition) is 0. The van der Waals surface area contributed by atoms with Crippen LogP contribution in [-0.2, 0) is 4.79 Å². The third-order valence-corrected chi connectivity index (χ3v) is 3.35. The van der Waals surface area contributed by atoms with E-state index in [1.165, 1.54) is 0 Å². The van der Waals surface area contributed by atoms with Crippen molar-refractivity contribution in [1.29, 1.82) is 5.26 Å². The number of ketones is 2. The number of benzene rings is 1. The molecule has 0 saturated heterocycles. The Kier molecular flexibility index (Phi) is 3.06. The van der Waals surface area contributed by atoms with E-state index in [0.29, 0.717) is 31.2 Å². The van der Waals surface area contributed by atoms with Crippen molar-refractivity contribution in [3.8, 4) is 6.07 Å². The molecule has 0 radical (unpaired) electrons. The average molecular weight is 227 g/mol. The third kappa shape index (κ3) is 2.12. The number of rotatable bonds is 2. The van der Waals surface area contributed by atoms with E-state index in [9.17, 15) is 14.9 Å². The van der Waals surface area contributed by atoms with E-state index in [2.05, 4.69) is 6.07 Å². The highest BCUT2D eigenvalue weighted by atomic mass is 16.1. The Morgan fingerprint density at radius 2 is 1.76 bits per heavy atom. The minimum atomic E-state index is -0.991. The summed E-state index contributed by atoms with van der Waals surface area (Å²) >= 11 is 0. The lowest BCUT2D eigenvalue weighted by Crippen LogP contribution is -2.34. The Morgan fingerprint density at radius 3 is 2.29 bits per heavy atom. The summed E-state index contributed by atoms with van der Waals surface area (Å²) in [5.41, 5.74) is -0.432. The highest BCUT2D eigenvalue weighted by molar-refractivity contribution is 6.03. The molecule has 1 aromatic carbocycles. The zero-order valence-electron chi connectivity index (χ0n) is 9.48. The minimum Gasteiger partial charge on any atom is -0.300 e. The van der Waals surface area contributed by atoms with Crippen molar-refractivity contribution in [1.82, 2.24) is 0 Å². The first-order chi connectivity index (χ1) is 8.18. The first kappa shape index (κ1) is 11.5. The third-order valence-electron chi connectivity index (χ3n) is 3.35. The van der Waals surface area contributed by atoms with Crippen molar-refractivity contribution >= 4 is 11.6 Å². The Balaban J connectivity index is 2.28. The Hall–Kier alpha value is -1.95. The van der Waals surface area contributed by atoms with Crippen molar-refractivity contribution in [3.05, 3.63) is 35.9 Å². The van der Waals surface area contributed by atoms with Crippen molar-refractivity contribution < 1.29 is 9.59 Å². The molecule has 0 heterocycles. The number of nitrogens with zero attached hydrogens (tertiary/aromatic N) is 1. The predicted molar refractivity (Wildman–Crippen MR) is 62.3 cm³/mol. The second-order valence-electron chi connectivity index (χ2n) is 4.43. The van der Waals surface area contributed by atoms with Gasteiger partial charge in [0.2, 0.25) is 0 Å². The summed E-state index contributed by atoms with van der Waals surface area (Å²) in [6, 6.07) is 11.0. The first-order valence-corrected chi connectivity index (χ1v) is 5.71. The van der Waals surface area contributed by atoms with Gasteiger partial charge in [-0.1, -0.05) is 30.3 Å². The molecule has 3 nitrogen and oxygen atoms in total. The zero-order chi connectivity index (χ0) is 12.3. The number of carbonyl (C=O) groups is 2. The number of carbonyl (C=O) groups excluding carboxylic acids is 2. The van der Waals surface area contributed by atoms with Crippen LogP contribution in [0.4, 0.5) is 0 Å². The molecule has 1 aliphatic rings. The van der Waals surface area contributed by atoms with Crippen LogP contribution >= 0.6 is 0 Å². The van der Waals surface area contributed by atoms with E-state index < -0.39 is 5.41 Å². The molecular formula is C14H13NO2. The summed E-state index contributed by atoms with van der Waals surface area (Å²) in [5.74, 6) is 0.00448. The molecule has 0 N–H and O–H groups in total. The molecular weight excluding hydrogens is 214 g/mol. The molecule has 0 amide bonds. The van der Waals surface area contributed by atoms with Crippen molar-refractivity contribution in [2.24, 2.45) is 5.41 Å². The van der Waals surface area contributed by atoms with Gasteiger partial charge in [0, 0.05) is 18.4 Å². The summed E-state index contributed by atoms with van der Waals surface area (Å²) in [7, 11) is 0. The van der Waals surface area contributed by atoms with E-state index >= 15 is 0 Å². The molecule has 1 aliphatic carbocycles. The normalized spacial score (nSPS) is 18.4. The van der Waals surface area contributed by atoms with Gasteiger partial charge in [-0.2, -0.15) is 5.26 Å². The molecule has 0 aliphatic heterocycles. The molecule has 0 aromatic heterocycles. The van der Waals surface area contributed by atoms with E-state index in [1.54, 1.807) is 24.3 Å². The maximum atomic E-state index is 12.3. The molecule has 1 fully saturated rings. The summed E-state index contributed by atoms with van der Waals surface area (Å²) in [4.78, 5) is 23.5. The second kappa shape index (κ2) is 4.50. The second-order valence-corrected chi connectivity index (χ2v) is 4.43. The van der Waals surface area contributed by atoms with Crippen LogP contribution < -0.4 is 0 Å². The van der Waals surface area contributed by atoms with Crippen molar-refractivity contribution in [2.45, 2.75) is 25.7 Å². The molecule has 0 spiro atoms. The molecule has 1 aromatic rings. The number of nitriles is 1. The first-order valence-electron chi connectivity index (χ1n) is 5.71. The molecule has 1 saturated carbocycles. The molecule has 86 valence electrons. The lowest BCUT2D eigenvalue weighted by Gasteiger charge is -2.28. The Morgan fingerprint density at radius 1 is 1.18 bits per heavy atom. The van der Waals surface area contributed by atoms with Gasteiger partial charge >= 0.3 is 0 Å². The Bertz CT molecular complexity index is 475. The van der Waals surface area contributed by atoms with Gasteiger partial charge in [0.15, 0.2) is 5.78 Å². The lowest BCUT2D eigenvalue weighted by molar-refractivity contribution is -0.121. The zero-order valence-corrected chi connectivity index (χ0v) is 9.48. The standard InChI is InChI=1S/C14H13NO2/c15-10-14(8-6-12(16)7-9-14)13(17)11-4-2-1-3-5-11/h1-5H,6-9H2. The summed E-state index contributed by atoms with van der Waals surface area (Å²) < 4.78 is 0. The van der Waals surface area contributed by atoms with Crippen molar-refractivity contribution in [3.63, 3.8) is 0 Å². The van der Waals surface area contributed by atoms with Gasteiger partial charge in [-0.25, -0.2) is 0 Å². The quantitative estimate of drug-likeness (QED) is 0.729. The van der Waals surface area contributed by atoms with Crippen LogP contribution in [0.5, 0.6) is 0 Å². The fraction of sp³-hybridized carbons (Fsp3) is 0.357. The Labute approximate surface area is 100 Å². The summed E-state index contributed by atoms with van der Waals surface area (Å²) in [6.45, 7) is 0. The van der Waals surface area contributed by atoms with Gasteiger partial charge in [-0.05, 0) is 12.8 Å². The maximum absolute atomic E-state index is 12.3. The summed E-state index contributed by atoms with van der Waals surface area (Å²) in [5, 5.41) is 9.28. The molecule has 0 unspecified atom stereocenters. The van der Waals surface area contributed by atoms with Crippen LogP contribution in [0.2, 0.25) is 0 Å². The number of Topliss-reactive ketones (excluding diaryl/α,β-unsaturated/α-hetero) is 2. The fourth-order valence-electron chi connectivity index (χ4n) is 2.21. The van der Waals surface area contributed by atoms with E-state index in [1.807, 2.05) is 6.07 Å². The van der Waals surface area contributed by atoms with Gasteiger partial charge in [0.25, 0.3) is 0 Å². The van der Waals surface area contributed by atoms with E-state index in [4.69, 9.17) is 0 Å². The van der Waals surface area contributed by atoms with E-state index in [0.717, 1.165) is 0 Å². The van der Waals surface area contributed by atoms with Gasteiger partial charge in [0.1, 0.15) is 11.2 Å². The van der Waals surface area contributed by atoms with Gasteiger partial charge in [-0.3, -0.25) is 9.59 Å². The molecule has 0 bridgehead atoms. The predicted octanol–water partition coefficient (Wildman–Crippen LogP) is 2.52. The van der Waals surface area contributed by atoms with Crippen LogP contribution in [0.15, 0.2) is 30.3 Å². The van der Waals surface area contributed by atoms with Crippen molar-refractivity contribution in [2.75, 3.05) is 0 Å². The molecule has 17 heavy (non-hydrogen) atoms. The monoisotopic (exact) mass is 227 g/mol. The van der Waals surface area contributed by atoms with Gasteiger partial charge < -0.3 is 0 Å². The van der Waals surface area contributed by atoms with Crippen LogP contribution in [0.1, 0.15) is 36.0 Å². The highest BCUT2D eigenvalue weighted by Crippen LogP contribution is 2.37. The molecule has 3 heteroatoms. The molecule has 0 atom stereocenters. The van der Waals surface area contributed by atoms with E-state index in [-0.39, 0.29) is 11.6 Å². The largest absolute Gasteiger partial charge is 0.300 e. The smallest absolute Gasteiger partial charge is 0.183 e. The summed E-state index contributed by atoms with van der Waals surface area (Å²) in [6.07, 6.45) is 1.39. The number of hydrogen-bond acceptors (Lipinski definition) is 3. The highest BCUT2D eigenvalue weighted by Gasteiger charge is 2.42. The lowest BCUT2D eigenvalue weighted by atomic mass is 9.70. The van der Waals surface area contributed by atoms with Gasteiger partial charge in [-0.15, -0.1) is 0 Å². The average Bonchev–Trinajstić information content (AvgIpc) is 2.40. The fourth-order valence-corrected chi connectivity index (χ4v) is 2.21. The van der Waals surface area contributed by atoms with Crippen LogP contribution in [0.25, 0.3) is 0 Å². The maximum Gasteiger partial charge on any atom is 0.183 e. The van der Waals surface area contributed by atoms with Gasteiger partial charge in [0.05, 0.1) is 6.07 Å². The molecule has 2 rings (SSSR count).